The number of nitrogens with one attached hydrogen (secondary N) is 1. The van der Waals surface area contributed by atoms with Gasteiger partial charge in [-0.25, -0.2) is 9.50 Å². The fraction of sp³-hybridized carbons (Fsp3) is 0.619. The Morgan fingerprint density at radius 1 is 1.37 bits per heavy atom. The number of imidazole rings is 1. The molecule has 0 saturated carbocycles. The molecule has 1 fully saturated rings. The van der Waals surface area contributed by atoms with Crippen LogP contribution in [-0.4, -0.2) is 69.1 Å². The minimum Gasteiger partial charge on any atom is -0.462 e. The smallest absolute Gasteiger partial charge is 0.336 e. The topological polar surface area (TPSA) is 106 Å². The SMILES string of the molecule is CCCCOc1nc(N)c2ncc(CC3C=C(C)C(N4CCNC[C@H]4C)=NC3)n2n1. The average Bonchev–Trinajstić information content (AvgIpc) is 3.12. The van der Waals surface area contributed by atoms with Crippen molar-refractivity contribution in [2.24, 2.45) is 10.9 Å². The summed E-state index contributed by atoms with van der Waals surface area (Å²) in [6.07, 6.45) is 6.96. The van der Waals surface area contributed by atoms with Gasteiger partial charge in [-0.1, -0.05) is 19.4 Å². The zero-order valence-electron chi connectivity index (χ0n) is 18.1. The Kier molecular flexibility index (Phi) is 6.17. The van der Waals surface area contributed by atoms with Crippen LogP contribution in [0.2, 0.25) is 0 Å². The van der Waals surface area contributed by atoms with Crippen LogP contribution in [0.15, 0.2) is 22.8 Å². The van der Waals surface area contributed by atoms with E-state index in [-0.39, 0.29) is 0 Å². The fourth-order valence-electron chi connectivity index (χ4n) is 4.11. The summed E-state index contributed by atoms with van der Waals surface area (Å²) in [5, 5.41) is 7.96. The molecule has 2 aliphatic heterocycles. The molecule has 162 valence electrons. The summed E-state index contributed by atoms with van der Waals surface area (Å²) in [4.78, 5) is 16.0. The van der Waals surface area contributed by atoms with E-state index in [1.165, 1.54) is 5.57 Å². The molecule has 0 radical (unpaired) electrons. The Morgan fingerprint density at radius 2 is 2.23 bits per heavy atom. The number of aromatic nitrogens is 4. The molecular weight excluding hydrogens is 380 g/mol. The van der Waals surface area contributed by atoms with Gasteiger partial charge in [0.2, 0.25) is 0 Å². The molecule has 1 unspecified atom stereocenters. The molecule has 0 bridgehead atoms. The molecule has 30 heavy (non-hydrogen) atoms. The molecule has 4 heterocycles. The lowest BCUT2D eigenvalue weighted by Gasteiger charge is -2.38. The third-order valence-electron chi connectivity index (χ3n) is 5.73. The van der Waals surface area contributed by atoms with Gasteiger partial charge >= 0.3 is 6.01 Å². The number of hydrogen-bond donors (Lipinski definition) is 2. The number of piperazine rings is 1. The number of fused-ring (bicyclic) bond motifs is 1. The van der Waals surface area contributed by atoms with Crippen LogP contribution in [0.3, 0.4) is 0 Å². The highest BCUT2D eigenvalue weighted by molar-refractivity contribution is 5.98. The molecule has 2 aromatic heterocycles. The van der Waals surface area contributed by atoms with Crippen molar-refractivity contribution in [3.8, 4) is 6.01 Å². The molecule has 9 nitrogen and oxygen atoms in total. The molecule has 0 spiro atoms. The highest BCUT2D eigenvalue weighted by atomic mass is 16.5. The van der Waals surface area contributed by atoms with Crippen LogP contribution in [0.5, 0.6) is 6.01 Å². The summed E-state index contributed by atoms with van der Waals surface area (Å²) in [5.41, 5.74) is 8.89. The van der Waals surface area contributed by atoms with Gasteiger partial charge in [0.1, 0.15) is 5.84 Å². The maximum atomic E-state index is 6.08. The van der Waals surface area contributed by atoms with Gasteiger partial charge in [-0.15, -0.1) is 5.10 Å². The van der Waals surface area contributed by atoms with Gasteiger partial charge in [0.05, 0.1) is 18.5 Å². The third-order valence-corrected chi connectivity index (χ3v) is 5.73. The van der Waals surface area contributed by atoms with Crippen molar-refractivity contribution in [3.63, 3.8) is 0 Å². The van der Waals surface area contributed by atoms with E-state index < -0.39 is 0 Å². The Hall–Kier alpha value is -2.68. The van der Waals surface area contributed by atoms with Gasteiger partial charge in [-0.05, 0) is 32.3 Å². The van der Waals surface area contributed by atoms with Crippen molar-refractivity contribution in [2.45, 2.75) is 46.1 Å². The second-order valence-corrected chi connectivity index (χ2v) is 8.19. The average molecular weight is 413 g/mol. The van der Waals surface area contributed by atoms with E-state index in [9.17, 15) is 0 Å². The number of aliphatic imine (C=N–C) groups is 1. The fourth-order valence-corrected chi connectivity index (χ4v) is 4.11. The number of unbranched alkanes of at least 4 members (excludes halogenated alkanes) is 1. The molecule has 0 aromatic carbocycles. The van der Waals surface area contributed by atoms with Crippen LogP contribution < -0.4 is 15.8 Å². The molecule has 3 N–H and O–H groups in total. The van der Waals surface area contributed by atoms with E-state index in [4.69, 9.17) is 15.5 Å². The Morgan fingerprint density at radius 3 is 3.00 bits per heavy atom. The van der Waals surface area contributed by atoms with E-state index in [1.54, 1.807) is 4.52 Å². The second-order valence-electron chi connectivity index (χ2n) is 8.19. The summed E-state index contributed by atoms with van der Waals surface area (Å²) in [6.45, 7) is 10.9. The van der Waals surface area contributed by atoms with E-state index in [1.807, 2.05) is 6.20 Å². The molecule has 0 amide bonds. The van der Waals surface area contributed by atoms with Crippen LogP contribution in [0, 0.1) is 5.92 Å². The highest BCUT2D eigenvalue weighted by Gasteiger charge is 2.26. The number of anilines is 1. The van der Waals surface area contributed by atoms with Gasteiger partial charge in [0, 0.05) is 38.1 Å². The van der Waals surface area contributed by atoms with Crippen molar-refractivity contribution in [2.75, 3.05) is 38.5 Å². The van der Waals surface area contributed by atoms with Crippen molar-refractivity contribution >= 4 is 17.3 Å². The number of ether oxygens (including phenoxy) is 1. The number of dihydropyridines is 1. The van der Waals surface area contributed by atoms with E-state index in [0.717, 1.165) is 57.0 Å². The standard InChI is InChI=1S/C21H32N8O/c1-4-5-8-30-21-26-18(22)20-25-13-17(29(20)27-21)10-16-9-14(2)19(24-12-16)28-7-6-23-11-15(28)3/h9,13,15-16,23H,4-8,10-12H2,1-3H3,(H2,22,26,27)/t15-,16?/m1/s1. The summed E-state index contributed by atoms with van der Waals surface area (Å²) in [7, 11) is 0. The van der Waals surface area contributed by atoms with Gasteiger partial charge in [0.15, 0.2) is 11.5 Å². The van der Waals surface area contributed by atoms with Crippen LogP contribution in [0.25, 0.3) is 5.65 Å². The predicted octanol–water partition coefficient (Wildman–Crippen LogP) is 1.70. The van der Waals surface area contributed by atoms with Gasteiger partial charge in [0.25, 0.3) is 0 Å². The largest absolute Gasteiger partial charge is 0.462 e. The highest BCUT2D eigenvalue weighted by Crippen LogP contribution is 2.22. The summed E-state index contributed by atoms with van der Waals surface area (Å²) in [6, 6.07) is 0.762. The zero-order chi connectivity index (χ0) is 21.1. The Labute approximate surface area is 177 Å². The van der Waals surface area contributed by atoms with Crippen LogP contribution in [0.4, 0.5) is 5.82 Å². The first-order valence-corrected chi connectivity index (χ1v) is 10.9. The van der Waals surface area contributed by atoms with Crippen molar-refractivity contribution in [1.82, 2.24) is 29.8 Å². The lowest BCUT2D eigenvalue weighted by Crippen LogP contribution is -2.53. The maximum Gasteiger partial charge on any atom is 0.336 e. The zero-order valence-corrected chi connectivity index (χ0v) is 18.1. The normalized spacial score (nSPS) is 22.2. The number of nitrogens with zero attached hydrogens (tertiary/aromatic N) is 6. The third kappa shape index (κ3) is 4.26. The molecular formula is C21H32N8O. The first kappa shape index (κ1) is 20.6. The first-order chi connectivity index (χ1) is 14.6. The molecule has 9 heteroatoms. The van der Waals surface area contributed by atoms with Gasteiger partial charge in [-0.2, -0.15) is 4.98 Å². The first-order valence-electron chi connectivity index (χ1n) is 10.9. The Bertz CT molecular complexity index is 950. The molecule has 1 saturated heterocycles. The number of nitrogen functional groups attached to an aromatic ring is 1. The molecule has 2 aliphatic rings. The number of amidine groups is 1. The van der Waals surface area contributed by atoms with Crippen molar-refractivity contribution in [3.05, 3.63) is 23.5 Å². The predicted molar refractivity (Wildman–Crippen MR) is 118 cm³/mol. The van der Waals surface area contributed by atoms with Crippen molar-refractivity contribution < 1.29 is 4.74 Å². The van der Waals surface area contributed by atoms with E-state index in [2.05, 4.69) is 52.1 Å². The van der Waals surface area contributed by atoms with Crippen LogP contribution in [0.1, 0.15) is 39.3 Å². The summed E-state index contributed by atoms with van der Waals surface area (Å²) in [5.74, 6) is 1.77. The minimum absolute atomic E-state index is 0.299. The van der Waals surface area contributed by atoms with E-state index >= 15 is 0 Å². The Balaban J connectivity index is 1.49. The lowest BCUT2D eigenvalue weighted by atomic mass is 9.97. The van der Waals surface area contributed by atoms with Gasteiger partial charge in [-0.3, -0.25) is 4.99 Å². The summed E-state index contributed by atoms with van der Waals surface area (Å²) < 4.78 is 7.43. The van der Waals surface area contributed by atoms with Gasteiger partial charge < -0.3 is 20.7 Å². The van der Waals surface area contributed by atoms with E-state index in [0.29, 0.717) is 36.0 Å². The van der Waals surface area contributed by atoms with Crippen molar-refractivity contribution in [1.29, 1.82) is 0 Å². The monoisotopic (exact) mass is 412 g/mol. The number of hydrogen-bond acceptors (Lipinski definition) is 8. The molecule has 2 atom stereocenters. The number of rotatable bonds is 6. The summed E-state index contributed by atoms with van der Waals surface area (Å²) >= 11 is 0. The minimum atomic E-state index is 0.299. The number of nitrogens with two attached hydrogens (primary N) is 1. The second kappa shape index (κ2) is 8.99. The maximum absolute atomic E-state index is 6.08. The molecule has 2 aromatic rings. The lowest BCUT2D eigenvalue weighted by molar-refractivity contribution is 0.272. The molecule has 0 aliphatic carbocycles. The quantitative estimate of drug-likeness (QED) is 0.696. The molecule has 4 rings (SSSR count). The van der Waals surface area contributed by atoms with Crippen LogP contribution in [-0.2, 0) is 6.42 Å². The van der Waals surface area contributed by atoms with Crippen LogP contribution >= 0.6 is 0 Å².